The first-order valence-electron chi connectivity index (χ1n) is 9.45. The molecule has 0 unspecified atom stereocenters. The van der Waals surface area contributed by atoms with Gasteiger partial charge in [0.1, 0.15) is 0 Å². The van der Waals surface area contributed by atoms with Crippen molar-refractivity contribution < 1.29 is 9.72 Å². The summed E-state index contributed by atoms with van der Waals surface area (Å²) in [4.78, 5) is 28.3. The Bertz CT molecular complexity index is 1180. The van der Waals surface area contributed by atoms with Gasteiger partial charge in [0.15, 0.2) is 5.13 Å². The van der Waals surface area contributed by atoms with Gasteiger partial charge in [-0.15, -0.1) is 0 Å². The van der Waals surface area contributed by atoms with Crippen molar-refractivity contribution in [2.45, 2.75) is 0 Å². The number of non-ortho nitro benzene ring substituents is 1. The predicted octanol–water partition coefficient (Wildman–Crippen LogP) is 6.04. The van der Waals surface area contributed by atoms with Crippen molar-refractivity contribution in [1.29, 1.82) is 0 Å². The summed E-state index contributed by atoms with van der Waals surface area (Å²) in [6, 6.07) is 25.7. The van der Waals surface area contributed by atoms with Crippen LogP contribution in [0.1, 0.15) is 5.56 Å². The van der Waals surface area contributed by atoms with Crippen LogP contribution in [0.5, 0.6) is 0 Å². The number of anilines is 1. The summed E-state index contributed by atoms with van der Waals surface area (Å²) in [5.41, 5.74) is 3.51. The Balaban J connectivity index is 1.56. The van der Waals surface area contributed by atoms with E-state index in [2.05, 4.69) is 10.3 Å². The molecule has 0 saturated carbocycles. The number of nitrogens with one attached hydrogen (secondary N) is 1. The summed E-state index contributed by atoms with van der Waals surface area (Å²) in [6.45, 7) is 0. The fourth-order valence-electron chi connectivity index (χ4n) is 2.98. The van der Waals surface area contributed by atoms with Gasteiger partial charge in [0.05, 0.1) is 15.5 Å². The van der Waals surface area contributed by atoms with Gasteiger partial charge in [-0.1, -0.05) is 72.0 Å². The summed E-state index contributed by atoms with van der Waals surface area (Å²) < 4.78 is 0. The maximum Gasteiger partial charge on any atom is 0.269 e. The average Bonchev–Trinajstić information content (AvgIpc) is 3.23. The van der Waals surface area contributed by atoms with Gasteiger partial charge in [-0.25, -0.2) is 4.98 Å². The van der Waals surface area contributed by atoms with Gasteiger partial charge < -0.3 is 0 Å². The van der Waals surface area contributed by atoms with E-state index in [1.807, 2.05) is 60.7 Å². The molecule has 4 rings (SSSR count). The molecule has 0 atom stereocenters. The summed E-state index contributed by atoms with van der Waals surface area (Å²) >= 11 is 1.41. The number of amides is 1. The van der Waals surface area contributed by atoms with Gasteiger partial charge in [-0.3, -0.25) is 20.2 Å². The van der Waals surface area contributed by atoms with Gasteiger partial charge in [0.2, 0.25) is 5.91 Å². The third-order valence-corrected chi connectivity index (χ3v) is 5.49. The predicted molar refractivity (Wildman–Crippen MR) is 124 cm³/mol. The van der Waals surface area contributed by atoms with Gasteiger partial charge in [0, 0.05) is 23.8 Å². The monoisotopic (exact) mass is 427 g/mol. The first-order valence-corrected chi connectivity index (χ1v) is 10.3. The van der Waals surface area contributed by atoms with E-state index in [0.717, 1.165) is 21.7 Å². The molecule has 4 aromatic rings. The molecule has 0 fully saturated rings. The van der Waals surface area contributed by atoms with Gasteiger partial charge in [-0.05, 0) is 29.3 Å². The number of nitro benzene ring substituents is 1. The van der Waals surface area contributed by atoms with Crippen LogP contribution >= 0.6 is 11.3 Å². The Labute approximate surface area is 182 Å². The second-order valence-corrected chi connectivity index (χ2v) is 7.60. The lowest BCUT2D eigenvalue weighted by Gasteiger charge is -2.02. The van der Waals surface area contributed by atoms with E-state index in [0.29, 0.717) is 10.7 Å². The zero-order valence-electron chi connectivity index (χ0n) is 16.3. The fraction of sp³-hybridized carbons (Fsp3) is 0. The SMILES string of the molecule is O=C(C=Cc1ccc([N+](=O)[O-])cc1)Nc1nc(-c2ccccc2)c(-c2ccccc2)s1. The maximum absolute atomic E-state index is 12.4. The van der Waals surface area contributed by atoms with Crippen LogP contribution in [0.25, 0.3) is 27.8 Å². The number of rotatable bonds is 6. The quantitative estimate of drug-likeness (QED) is 0.231. The van der Waals surface area contributed by atoms with Crippen molar-refractivity contribution in [2.24, 2.45) is 0 Å². The second kappa shape index (κ2) is 9.15. The smallest absolute Gasteiger partial charge is 0.269 e. The van der Waals surface area contributed by atoms with Crippen LogP contribution in [-0.4, -0.2) is 15.8 Å². The highest BCUT2D eigenvalue weighted by Crippen LogP contribution is 2.38. The lowest BCUT2D eigenvalue weighted by molar-refractivity contribution is -0.384. The maximum atomic E-state index is 12.4. The first-order chi connectivity index (χ1) is 15.1. The van der Waals surface area contributed by atoms with Crippen LogP contribution in [0, 0.1) is 10.1 Å². The number of hydrogen-bond acceptors (Lipinski definition) is 5. The first kappa shape index (κ1) is 20.2. The van der Waals surface area contributed by atoms with E-state index >= 15 is 0 Å². The minimum absolute atomic E-state index is 0.00581. The van der Waals surface area contributed by atoms with E-state index in [1.165, 1.54) is 29.5 Å². The van der Waals surface area contributed by atoms with Crippen molar-refractivity contribution >= 4 is 34.1 Å². The Hall–Kier alpha value is -4.10. The molecule has 6 nitrogen and oxygen atoms in total. The third kappa shape index (κ3) is 4.91. The second-order valence-electron chi connectivity index (χ2n) is 6.60. The average molecular weight is 427 g/mol. The summed E-state index contributed by atoms with van der Waals surface area (Å²) in [5.74, 6) is -0.327. The van der Waals surface area contributed by atoms with Crippen molar-refractivity contribution in [1.82, 2.24) is 4.98 Å². The Morgan fingerprint density at radius 3 is 2.13 bits per heavy atom. The minimum atomic E-state index is -0.461. The molecule has 0 saturated heterocycles. The Morgan fingerprint density at radius 2 is 1.52 bits per heavy atom. The summed E-state index contributed by atoms with van der Waals surface area (Å²) in [6.07, 6.45) is 2.98. The van der Waals surface area contributed by atoms with Gasteiger partial charge in [-0.2, -0.15) is 0 Å². The zero-order chi connectivity index (χ0) is 21.6. The number of aromatic nitrogens is 1. The molecular formula is C24H17N3O3S. The molecule has 1 amide bonds. The Morgan fingerprint density at radius 1 is 0.903 bits per heavy atom. The molecule has 0 spiro atoms. The highest BCUT2D eigenvalue weighted by Gasteiger charge is 2.15. The normalized spacial score (nSPS) is 10.8. The molecule has 0 radical (unpaired) electrons. The number of carbonyl (C=O) groups excluding carboxylic acids is 1. The third-order valence-electron chi connectivity index (χ3n) is 4.47. The standard InChI is InChI=1S/C24H17N3O3S/c28-21(16-13-17-11-14-20(15-12-17)27(29)30)25-24-26-22(18-7-3-1-4-8-18)23(31-24)19-9-5-2-6-10-19/h1-16H,(H,25,26,28). The van der Waals surface area contributed by atoms with Crippen molar-refractivity contribution in [3.63, 3.8) is 0 Å². The molecular weight excluding hydrogens is 410 g/mol. The number of thiazole rings is 1. The molecule has 1 heterocycles. The highest BCUT2D eigenvalue weighted by atomic mass is 32.1. The molecule has 152 valence electrons. The number of benzene rings is 3. The molecule has 1 aromatic heterocycles. The van der Waals surface area contributed by atoms with E-state index in [9.17, 15) is 14.9 Å². The number of nitro groups is 1. The van der Waals surface area contributed by atoms with E-state index < -0.39 is 4.92 Å². The van der Waals surface area contributed by atoms with Crippen LogP contribution in [0.15, 0.2) is 91.0 Å². The van der Waals surface area contributed by atoms with Crippen molar-refractivity contribution in [2.75, 3.05) is 5.32 Å². The van der Waals surface area contributed by atoms with Gasteiger partial charge in [0.25, 0.3) is 5.69 Å². The lowest BCUT2D eigenvalue weighted by Crippen LogP contribution is -2.07. The minimum Gasteiger partial charge on any atom is -0.298 e. The van der Waals surface area contributed by atoms with Crippen LogP contribution < -0.4 is 5.32 Å². The molecule has 0 aliphatic carbocycles. The van der Waals surface area contributed by atoms with E-state index in [1.54, 1.807) is 18.2 Å². The van der Waals surface area contributed by atoms with Crippen LogP contribution in [0.2, 0.25) is 0 Å². The number of carbonyl (C=O) groups is 1. The molecule has 31 heavy (non-hydrogen) atoms. The fourth-order valence-corrected chi connectivity index (χ4v) is 3.97. The van der Waals surface area contributed by atoms with E-state index in [4.69, 9.17) is 0 Å². The largest absolute Gasteiger partial charge is 0.298 e. The number of nitrogens with zero attached hydrogens (tertiary/aromatic N) is 2. The lowest BCUT2D eigenvalue weighted by atomic mass is 10.1. The van der Waals surface area contributed by atoms with E-state index in [-0.39, 0.29) is 11.6 Å². The molecule has 1 N–H and O–H groups in total. The van der Waals surface area contributed by atoms with Crippen LogP contribution in [0.4, 0.5) is 10.8 Å². The highest BCUT2D eigenvalue weighted by molar-refractivity contribution is 7.19. The molecule has 7 heteroatoms. The molecule has 0 aliphatic heterocycles. The summed E-state index contributed by atoms with van der Waals surface area (Å²) in [7, 11) is 0. The van der Waals surface area contributed by atoms with Gasteiger partial charge >= 0.3 is 0 Å². The summed E-state index contributed by atoms with van der Waals surface area (Å²) in [5, 5.41) is 14.0. The zero-order valence-corrected chi connectivity index (χ0v) is 17.1. The Kier molecular flexibility index (Phi) is 5.96. The van der Waals surface area contributed by atoms with Crippen molar-refractivity contribution in [3.05, 3.63) is 107 Å². The molecule has 0 aliphatic rings. The number of hydrogen-bond donors (Lipinski definition) is 1. The van der Waals surface area contributed by atoms with Crippen molar-refractivity contribution in [3.8, 4) is 21.7 Å². The topological polar surface area (TPSA) is 85.1 Å². The van der Waals surface area contributed by atoms with Crippen LogP contribution in [0.3, 0.4) is 0 Å². The molecule has 0 bridgehead atoms. The molecule has 3 aromatic carbocycles. The van der Waals surface area contributed by atoms with Crippen LogP contribution in [-0.2, 0) is 4.79 Å².